The van der Waals surface area contributed by atoms with Gasteiger partial charge in [-0.25, -0.2) is 0 Å². The number of rotatable bonds is 3. The van der Waals surface area contributed by atoms with E-state index in [1.54, 1.807) is 0 Å². The van der Waals surface area contributed by atoms with Crippen LogP contribution in [0.5, 0.6) is 0 Å². The first-order valence-corrected chi connectivity index (χ1v) is 4.92. The number of hydrogen-bond acceptors (Lipinski definition) is 1. The summed E-state index contributed by atoms with van der Waals surface area (Å²) in [7, 11) is -0.0597. The highest BCUT2D eigenvalue weighted by molar-refractivity contribution is 7.58. The first-order valence-electron chi connectivity index (χ1n) is 3.14. The van der Waals surface area contributed by atoms with Gasteiger partial charge in [0.1, 0.15) is 0 Å². The molecule has 0 aliphatic heterocycles. The van der Waals surface area contributed by atoms with Crippen LogP contribution in [0.15, 0.2) is 0 Å². The zero-order chi connectivity index (χ0) is 6.57. The lowest BCUT2D eigenvalue weighted by Gasteiger charge is -2.15. The van der Waals surface area contributed by atoms with Crippen LogP contribution in [0.4, 0.5) is 0 Å². The second-order valence-corrected chi connectivity index (χ2v) is 5.04. The van der Waals surface area contributed by atoms with Crippen LogP contribution in [-0.2, 0) is 0 Å². The predicted octanol–water partition coefficient (Wildman–Crippen LogP) is 1.85. The Hall–Kier alpha value is 0.390. The Morgan fingerprint density at radius 1 is 1.38 bits per heavy atom. The van der Waals surface area contributed by atoms with E-state index in [1.807, 2.05) is 6.92 Å². The zero-order valence-electron chi connectivity index (χ0n) is 5.89. The Kier molecular flexibility index (Phi) is 4.50. The third kappa shape index (κ3) is 2.64. The van der Waals surface area contributed by atoms with Crippen molar-refractivity contribution in [1.82, 2.24) is 0 Å². The first-order chi connectivity index (χ1) is 3.72. The molecule has 0 amide bonds. The molecule has 1 nitrogen and oxygen atoms in total. The summed E-state index contributed by atoms with van der Waals surface area (Å²) in [6.45, 7) is 6.17. The Bertz CT molecular complexity index is 50.5. The summed E-state index contributed by atoms with van der Waals surface area (Å²) >= 11 is 0. The third-order valence-electron chi connectivity index (χ3n) is 1.34. The average Bonchev–Trinajstić information content (AvgIpc) is 1.69. The molecule has 0 aliphatic carbocycles. The quantitative estimate of drug-likeness (QED) is 0.584. The third-order valence-corrected chi connectivity index (χ3v) is 4.02. The van der Waals surface area contributed by atoms with Crippen LogP contribution >= 0.6 is 7.92 Å². The molecule has 0 bridgehead atoms. The number of aliphatic hydroxyl groups is 1. The topological polar surface area (TPSA) is 20.2 Å². The van der Waals surface area contributed by atoms with Gasteiger partial charge in [-0.1, -0.05) is 21.8 Å². The fourth-order valence-corrected chi connectivity index (χ4v) is 2.26. The SMILES string of the molecule is CCP(CC)C(C)O. The van der Waals surface area contributed by atoms with Gasteiger partial charge in [-0.2, -0.15) is 0 Å². The van der Waals surface area contributed by atoms with Crippen molar-refractivity contribution < 1.29 is 5.11 Å². The molecule has 0 radical (unpaired) electrons. The molecule has 0 aromatic rings. The molecule has 0 aromatic carbocycles. The number of hydrogen-bond donors (Lipinski definition) is 1. The fourth-order valence-electron chi connectivity index (χ4n) is 0.752. The molecule has 0 rings (SSSR count). The van der Waals surface area contributed by atoms with Gasteiger partial charge in [0.2, 0.25) is 0 Å². The van der Waals surface area contributed by atoms with Crippen molar-refractivity contribution in [2.75, 3.05) is 12.3 Å². The van der Waals surface area contributed by atoms with E-state index in [1.165, 1.54) is 0 Å². The zero-order valence-corrected chi connectivity index (χ0v) is 6.78. The van der Waals surface area contributed by atoms with Gasteiger partial charge >= 0.3 is 0 Å². The van der Waals surface area contributed by atoms with Crippen LogP contribution in [0.2, 0.25) is 0 Å². The van der Waals surface area contributed by atoms with E-state index in [0.717, 1.165) is 12.3 Å². The minimum atomic E-state index is -0.0597. The predicted molar refractivity (Wildman–Crippen MR) is 39.7 cm³/mol. The van der Waals surface area contributed by atoms with Gasteiger partial charge in [-0.3, -0.25) is 0 Å². The highest BCUT2D eigenvalue weighted by Crippen LogP contribution is 2.38. The molecule has 1 N–H and O–H groups in total. The summed E-state index contributed by atoms with van der Waals surface area (Å²) in [5.41, 5.74) is 0. The second kappa shape index (κ2) is 4.29. The van der Waals surface area contributed by atoms with E-state index in [-0.39, 0.29) is 13.8 Å². The molecule has 0 heterocycles. The summed E-state index contributed by atoms with van der Waals surface area (Å²) in [4.78, 5) is 0. The van der Waals surface area contributed by atoms with Gasteiger partial charge in [-0.05, 0) is 19.2 Å². The average molecular weight is 134 g/mol. The van der Waals surface area contributed by atoms with Crippen molar-refractivity contribution in [2.45, 2.75) is 26.6 Å². The molecule has 0 spiro atoms. The Labute approximate surface area is 52.9 Å². The van der Waals surface area contributed by atoms with Crippen molar-refractivity contribution in [1.29, 1.82) is 0 Å². The molecule has 1 atom stereocenters. The summed E-state index contributed by atoms with van der Waals surface area (Å²) < 4.78 is 0. The molecule has 2 heteroatoms. The maximum atomic E-state index is 9.04. The summed E-state index contributed by atoms with van der Waals surface area (Å²) in [6, 6.07) is 0. The highest BCUT2D eigenvalue weighted by Gasteiger charge is 2.06. The van der Waals surface area contributed by atoms with Gasteiger partial charge in [0.15, 0.2) is 0 Å². The maximum Gasteiger partial charge on any atom is 0.0702 e. The van der Waals surface area contributed by atoms with Crippen LogP contribution in [0.25, 0.3) is 0 Å². The Balaban J connectivity index is 3.35. The van der Waals surface area contributed by atoms with Crippen molar-refractivity contribution in [2.24, 2.45) is 0 Å². The largest absolute Gasteiger partial charge is 0.389 e. The van der Waals surface area contributed by atoms with Crippen molar-refractivity contribution in [3.05, 3.63) is 0 Å². The van der Waals surface area contributed by atoms with Gasteiger partial charge in [-0.15, -0.1) is 0 Å². The molecule has 8 heavy (non-hydrogen) atoms. The lowest BCUT2D eigenvalue weighted by molar-refractivity contribution is 0.277. The van der Waals surface area contributed by atoms with Gasteiger partial charge in [0.05, 0.1) is 5.85 Å². The Morgan fingerprint density at radius 3 is 1.75 bits per heavy atom. The minimum absolute atomic E-state index is 0.0556. The summed E-state index contributed by atoms with van der Waals surface area (Å²) in [6.07, 6.45) is 2.31. The lowest BCUT2D eigenvalue weighted by Crippen LogP contribution is -2.00. The smallest absolute Gasteiger partial charge is 0.0702 e. The molecule has 0 saturated heterocycles. The van der Waals surface area contributed by atoms with Crippen LogP contribution in [0, 0.1) is 0 Å². The molecular weight excluding hydrogens is 119 g/mol. The minimum Gasteiger partial charge on any atom is -0.389 e. The summed E-state index contributed by atoms with van der Waals surface area (Å²) in [5, 5.41) is 9.04. The molecule has 0 fully saturated rings. The molecule has 50 valence electrons. The normalized spacial score (nSPS) is 14.6. The van der Waals surface area contributed by atoms with E-state index in [9.17, 15) is 0 Å². The second-order valence-electron chi connectivity index (χ2n) is 1.85. The van der Waals surface area contributed by atoms with E-state index < -0.39 is 0 Å². The van der Waals surface area contributed by atoms with Crippen LogP contribution < -0.4 is 0 Å². The van der Waals surface area contributed by atoms with Crippen molar-refractivity contribution >= 4 is 7.92 Å². The molecule has 1 unspecified atom stereocenters. The highest BCUT2D eigenvalue weighted by atomic mass is 31.1. The monoisotopic (exact) mass is 134 g/mol. The van der Waals surface area contributed by atoms with E-state index >= 15 is 0 Å². The molecule has 0 aliphatic rings. The lowest BCUT2D eigenvalue weighted by atomic mass is 10.9. The maximum absolute atomic E-state index is 9.04. The van der Waals surface area contributed by atoms with Crippen molar-refractivity contribution in [3.8, 4) is 0 Å². The Morgan fingerprint density at radius 2 is 1.75 bits per heavy atom. The van der Waals surface area contributed by atoms with E-state index in [4.69, 9.17) is 5.11 Å². The number of aliphatic hydroxyl groups excluding tert-OH is 1. The van der Waals surface area contributed by atoms with Crippen LogP contribution in [0.3, 0.4) is 0 Å². The molecular formula is C6H15OP. The van der Waals surface area contributed by atoms with Gasteiger partial charge < -0.3 is 5.11 Å². The van der Waals surface area contributed by atoms with Crippen molar-refractivity contribution in [3.63, 3.8) is 0 Å². The summed E-state index contributed by atoms with van der Waals surface area (Å²) in [5.74, 6) is -0.0556. The fraction of sp³-hybridized carbons (Fsp3) is 1.00. The van der Waals surface area contributed by atoms with E-state index in [0.29, 0.717) is 0 Å². The van der Waals surface area contributed by atoms with Crippen LogP contribution in [0.1, 0.15) is 20.8 Å². The van der Waals surface area contributed by atoms with Gasteiger partial charge in [0, 0.05) is 0 Å². The molecule has 0 saturated carbocycles. The first kappa shape index (κ1) is 8.39. The van der Waals surface area contributed by atoms with Gasteiger partial charge in [0.25, 0.3) is 0 Å². The standard InChI is InChI=1S/C6H15OP/c1-4-8(5-2)6(3)7/h6-7H,4-5H2,1-3H3. The van der Waals surface area contributed by atoms with Crippen LogP contribution in [-0.4, -0.2) is 23.3 Å². The molecule has 0 aromatic heterocycles. The van der Waals surface area contributed by atoms with E-state index in [2.05, 4.69) is 13.8 Å².